The van der Waals surface area contributed by atoms with Gasteiger partial charge in [-0.05, 0) is 110 Å². The number of anilines is 3. The van der Waals surface area contributed by atoms with E-state index in [4.69, 9.17) is 48.5 Å². The van der Waals surface area contributed by atoms with Crippen LogP contribution in [-0.4, -0.2) is 179 Å². The van der Waals surface area contributed by atoms with E-state index in [0.717, 1.165) is 74.8 Å². The normalized spacial score (nSPS) is 22.5. The molecule has 0 radical (unpaired) electrons. The molecular formula is C61H78N11O16PS2. The van der Waals surface area contributed by atoms with Gasteiger partial charge in [-0.15, -0.1) is 10.2 Å². The molecule has 5 fully saturated rings. The highest BCUT2D eigenvalue weighted by molar-refractivity contribution is 8.72. The van der Waals surface area contributed by atoms with Crippen LogP contribution in [0.3, 0.4) is 0 Å². The number of piperidine rings is 1. The minimum atomic E-state index is -4.73. The topological polar surface area (TPSA) is 347 Å². The number of rotatable bonds is 26. The number of amides is 2. The summed E-state index contributed by atoms with van der Waals surface area (Å²) in [5, 5.41) is 24.4. The van der Waals surface area contributed by atoms with E-state index in [1.807, 2.05) is 32.0 Å². The van der Waals surface area contributed by atoms with E-state index in [9.17, 15) is 32.6 Å². The Morgan fingerprint density at radius 1 is 0.879 bits per heavy atom. The van der Waals surface area contributed by atoms with Gasteiger partial charge in [0.05, 0.1) is 53.1 Å². The first-order chi connectivity index (χ1) is 43.4. The lowest BCUT2D eigenvalue weighted by Crippen LogP contribution is -2.54. The lowest BCUT2D eigenvalue weighted by atomic mass is 9.91. The third-order valence-electron chi connectivity index (χ3n) is 17.2. The minimum absolute atomic E-state index is 0.0134. The molecule has 2 bridgehead atoms. The number of nitrogens with zero attached hydrogens (tertiary/aromatic N) is 9. The quantitative estimate of drug-likeness (QED) is 0.0188. The second kappa shape index (κ2) is 29.1. The molecule has 4 aliphatic heterocycles. The molecule has 91 heavy (non-hydrogen) atoms. The number of nitrogen functional groups attached to an aromatic ring is 1. The van der Waals surface area contributed by atoms with Gasteiger partial charge in [-0.25, -0.2) is 27.3 Å². The van der Waals surface area contributed by atoms with Crippen molar-refractivity contribution in [2.75, 3.05) is 74.5 Å². The monoisotopic (exact) mass is 1320 g/mol. The van der Waals surface area contributed by atoms with Crippen molar-refractivity contribution < 1.29 is 74.6 Å². The lowest BCUT2D eigenvalue weighted by Gasteiger charge is -2.43. The molecule has 1 saturated carbocycles. The molecule has 2 aromatic carbocycles. The predicted molar refractivity (Wildman–Crippen MR) is 334 cm³/mol. The van der Waals surface area contributed by atoms with Crippen LogP contribution in [0.1, 0.15) is 108 Å². The second-order valence-corrected chi connectivity index (χ2v) is 30.1. The molecule has 1 aliphatic carbocycles. The molecule has 4 saturated heterocycles. The molecule has 8 atom stereocenters. The zero-order valence-corrected chi connectivity index (χ0v) is 54.0. The number of carbonyl (C=O) groups is 3. The molecule has 5 aliphatic rings. The number of ether oxygens (including phenoxy) is 6. The van der Waals surface area contributed by atoms with Crippen molar-refractivity contribution in [1.29, 1.82) is 5.26 Å². The molecule has 3 aromatic heterocycles. The smallest absolute Gasteiger partial charge is 0.474 e. The SMILES string of the molecule is CC(C)C(C(=O)N1C[C@H](OC(=O)OC(C)C(C)SS(C)(=O)=O)C[C@H]1C(=O)N[C@@H](C)c1ccc(C#N)cc1)c1cc(OCCN2CCC(OC3CC(Oc4cc(N5C6CCC5CN(c5cc(-c7ccccc7OCOP(=O)(O)O)nnc5N)C6)ccn4)C3)CC2)no1. The van der Waals surface area contributed by atoms with Crippen LogP contribution in [0.4, 0.5) is 22.0 Å². The van der Waals surface area contributed by atoms with Crippen molar-refractivity contribution in [3.8, 4) is 34.8 Å². The number of carbonyl (C=O) groups excluding carboxylic acids is 3. The Balaban J connectivity index is 0.666. The second-order valence-electron chi connectivity index (χ2n) is 24.1. The highest BCUT2D eigenvalue weighted by atomic mass is 33.1. The van der Waals surface area contributed by atoms with Gasteiger partial charge in [0.25, 0.3) is 5.88 Å². The summed E-state index contributed by atoms with van der Waals surface area (Å²) in [6, 6.07) is 22.2. The molecular weight excluding hydrogens is 1240 g/mol. The maximum absolute atomic E-state index is 14.7. The zero-order chi connectivity index (χ0) is 64.7. The average molecular weight is 1320 g/mol. The maximum atomic E-state index is 14.7. The van der Waals surface area contributed by atoms with E-state index in [1.54, 1.807) is 81.6 Å². The van der Waals surface area contributed by atoms with Crippen LogP contribution in [0.5, 0.6) is 17.5 Å². The van der Waals surface area contributed by atoms with Crippen LogP contribution < -0.4 is 35.1 Å². The molecule has 5 aromatic rings. The van der Waals surface area contributed by atoms with E-state index in [-0.39, 0.29) is 60.9 Å². The molecule has 2 amide bonds. The Morgan fingerprint density at radius 2 is 1.60 bits per heavy atom. The minimum Gasteiger partial charge on any atom is -0.474 e. The van der Waals surface area contributed by atoms with Gasteiger partial charge >= 0.3 is 14.0 Å². The van der Waals surface area contributed by atoms with Crippen LogP contribution in [0.25, 0.3) is 11.3 Å². The van der Waals surface area contributed by atoms with Crippen LogP contribution in [0.2, 0.25) is 0 Å². The van der Waals surface area contributed by atoms with Gasteiger partial charge in [0.2, 0.25) is 17.7 Å². The van der Waals surface area contributed by atoms with Crippen molar-refractivity contribution in [3.05, 3.63) is 95.9 Å². The number of pyridine rings is 1. The zero-order valence-electron chi connectivity index (χ0n) is 51.5. The standard InChI is InChI=1S/C61H78N11O16PS2/c1-36(2)57(60(74)71-34-48(87-61(75)84-38(4)39(5)90-91(6,79)80)28-52(71)59(73)65-37(3)41-13-11-40(31-62)12-14-41)54-30-56(68-88-54)81-24-23-69-21-18-45(19-22-69)85-46-26-47(27-46)86-55-25-42(17-20-64-55)72-43-15-16-44(72)33-70(32-43)51-29-50(66-67-58(51)63)49-9-7-8-10-53(49)82-35-83-89(76,77)78/h7-14,17,20,25,29-30,36-39,43-48,52,57H,15-16,18-19,21-24,26-28,32-35H2,1-6H3,(H2,63,67)(H,65,73)(H2,76,77,78)/t37-,38?,39?,43?,44?,46?,47?,48+,52-,57?/m0/s1. The number of piperazine rings is 1. The van der Waals surface area contributed by atoms with Gasteiger partial charge in [0.15, 0.2) is 27.2 Å². The Hall–Kier alpha value is -7.29. The molecule has 5 unspecified atom stereocenters. The summed E-state index contributed by atoms with van der Waals surface area (Å²) in [4.78, 5) is 73.1. The first-order valence-corrected chi connectivity index (χ1v) is 35.3. The number of hydrogen-bond donors (Lipinski definition) is 4. The summed E-state index contributed by atoms with van der Waals surface area (Å²) >= 11 is 0. The van der Waals surface area contributed by atoms with Gasteiger partial charge in [-0.3, -0.25) is 14.5 Å². The fourth-order valence-electron chi connectivity index (χ4n) is 12.4. The summed E-state index contributed by atoms with van der Waals surface area (Å²) in [5.41, 5.74) is 10.5. The maximum Gasteiger partial charge on any atom is 0.508 e. The van der Waals surface area contributed by atoms with E-state index in [0.29, 0.717) is 71.3 Å². The fourth-order valence-corrected chi connectivity index (χ4v) is 15.5. The highest BCUT2D eigenvalue weighted by Gasteiger charge is 2.46. The number of para-hydroxylation sites is 1. The number of fused-ring (bicyclic) bond motifs is 2. The highest BCUT2D eigenvalue weighted by Crippen LogP contribution is 2.42. The number of phosphoric acid groups is 1. The summed E-state index contributed by atoms with van der Waals surface area (Å²) in [6.45, 7) is 11.8. The summed E-state index contributed by atoms with van der Waals surface area (Å²) in [7, 11) is -7.50. The Morgan fingerprint density at radius 3 is 2.30 bits per heavy atom. The van der Waals surface area contributed by atoms with Crippen molar-refractivity contribution >= 4 is 62.6 Å². The van der Waals surface area contributed by atoms with E-state index < -0.39 is 76.9 Å². The Labute approximate surface area is 532 Å². The van der Waals surface area contributed by atoms with Crippen molar-refractivity contribution in [2.45, 2.75) is 145 Å². The third kappa shape index (κ3) is 17.3. The largest absolute Gasteiger partial charge is 0.508 e. The summed E-state index contributed by atoms with van der Waals surface area (Å²) in [6.07, 6.45) is 5.43. The number of benzene rings is 2. The number of hydrogen-bond acceptors (Lipinski definition) is 24. The molecule has 7 heterocycles. The van der Waals surface area contributed by atoms with E-state index >= 15 is 0 Å². The van der Waals surface area contributed by atoms with Gasteiger partial charge in [0, 0.05) is 99.9 Å². The van der Waals surface area contributed by atoms with Gasteiger partial charge < -0.3 is 68.5 Å². The van der Waals surface area contributed by atoms with E-state index in [2.05, 4.69) is 50.9 Å². The number of nitrogens with one attached hydrogen (secondary N) is 1. The summed E-state index contributed by atoms with van der Waals surface area (Å²) in [5.74, 6) is -0.499. The van der Waals surface area contributed by atoms with Crippen molar-refractivity contribution in [1.82, 2.24) is 35.5 Å². The average Bonchev–Trinajstić information content (AvgIpc) is 1.72. The fraction of sp³-hybridized carbons (Fsp3) is 0.541. The number of nitrogens with two attached hydrogens (primary N) is 1. The molecule has 490 valence electrons. The molecule has 10 rings (SSSR count). The number of nitriles is 1. The number of aromatic nitrogens is 4. The molecule has 30 heteroatoms. The van der Waals surface area contributed by atoms with Crippen LogP contribution in [-0.2, 0) is 41.8 Å². The molecule has 27 nitrogen and oxygen atoms in total. The van der Waals surface area contributed by atoms with E-state index in [1.165, 1.54) is 4.90 Å². The third-order valence-corrected chi connectivity index (χ3v) is 20.6. The lowest BCUT2D eigenvalue weighted by molar-refractivity contribution is -0.141. The van der Waals surface area contributed by atoms with Crippen molar-refractivity contribution in [3.63, 3.8) is 0 Å². The van der Waals surface area contributed by atoms with Crippen LogP contribution in [0.15, 0.2) is 83.5 Å². The van der Waals surface area contributed by atoms with Crippen LogP contribution >= 0.6 is 18.6 Å². The first-order valence-electron chi connectivity index (χ1n) is 30.5. The van der Waals surface area contributed by atoms with Crippen molar-refractivity contribution in [2.24, 2.45) is 5.92 Å². The Kier molecular flexibility index (Phi) is 21.3. The number of likely N-dealkylation sites (tertiary alicyclic amines) is 2. The molecule has 5 N–H and O–H groups in total. The summed E-state index contributed by atoms with van der Waals surface area (Å²) < 4.78 is 81.0. The Bertz CT molecular complexity index is 3550. The number of phosphoric ester groups is 1. The molecule has 0 spiro atoms. The predicted octanol–water partition coefficient (Wildman–Crippen LogP) is 6.96. The first kappa shape index (κ1) is 66.6. The van der Waals surface area contributed by atoms with Crippen LogP contribution in [0, 0.1) is 17.2 Å². The van der Waals surface area contributed by atoms with Gasteiger partial charge in [0.1, 0.15) is 42.6 Å². The van der Waals surface area contributed by atoms with Gasteiger partial charge in [-0.2, -0.15) is 5.26 Å². The van der Waals surface area contributed by atoms with Gasteiger partial charge in [-0.1, -0.05) is 38.1 Å².